The lowest BCUT2D eigenvalue weighted by Crippen LogP contribution is -2.40. The fourth-order valence-electron chi connectivity index (χ4n) is 1.40. The number of aromatic hydroxyl groups is 1. The molecule has 124 valence electrons. The third kappa shape index (κ3) is 5.38. The van der Waals surface area contributed by atoms with Gasteiger partial charge >= 0.3 is 5.69 Å². The van der Waals surface area contributed by atoms with Crippen molar-refractivity contribution >= 4 is 38.8 Å². The van der Waals surface area contributed by atoms with Crippen molar-refractivity contribution in [3.8, 4) is 5.75 Å². The van der Waals surface area contributed by atoms with Gasteiger partial charge in [0.25, 0.3) is 0 Å². The maximum absolute atomic E-state index is 10.4. The molecule has 0 heterocycles. The Balaban J connectivity index is 0.000000231. The minimum atomic E-state index is -4.38. The Morgan fingerprint density at radius 2 is 1.74 bits per heavy atom. The number of hydrogen-bond donors (Lipinski definition) is 3. The van der Waals surface area contributed by atoms with Gasteiger partial charge in [-0.2, -0.15) is 0 Å². The molecule has 0 fully saturated rings. The highest BCUT2D eigenvalue weighted by atomic mass is 35.5. The maximum atomic E-state index is 10.4. The number of halogens is 1. The Morgan fingerprint density at radius 1 is 1.22 bits per heavy atom. The molecule has 0 saturated carbocycles. The summed E-state index contributed by atoms with van der Waals surface area (Å²) in [5.74, 6) is -0.0719. The molecule has 23 heavy (non-hydrogen) atoms. The number of nitrogen functional groups attached to an aromatic ring is 1. The molecule has 0 aliphatic carbocycles. The van der Waals surface area contributed by atoms with E-state index in [0.717, 1.165) is 24.3 Å². The third-order valence-electron chi connectivity index (χ3n) is 2.52. The molecule has 2 aromatic carbocycles. The number of nitrogens with two attached hydrogens (primary N) is 1. The van der Waals surface area contributed by atoms with Crippen molar-refractivity contribution in [3.63, 3.8) is 0 Å². The molecule has 0 saturated heterocycles. The highest BCUT2D eigenvalue weighted by molar-refractivity contribution is 7.85. The summed E-state index contributed by atoms with van der Waals surface area (Å²) in [4.78, 5) is 9.47. The van der Waals surface area contributed by atoms with E-state index < -0.39 is 15.0 Å². The highest BCUT2D eigenvalue weighted by Gasteiger charge is 2.16. The van der Waals surface area contributed by atoms with Crippen molar-refractivity contribution in [2.45, 2.75) is 4.90 Å². The number of phenols is 1. The Bertz CT molecular complexity index is 823. The molecule has 2 aromatic rings. The van der Waals surface area contributed by atoms with E-state index >= 15 is 0 Å². The summed E-state index contributed by atoms with van der Waals surface area (Å²) in [6.07, 6.45) is 0. The van der Waals surface area contributed by atoms with E-state index in [0.29, 0.717) is 0 Å². The normalized spacial score (nSPS) is 10.6. The van der Waals surface area contributed by atoms with Crippen LogP contribution in [0.2, 0.25) is 5.02 Å². The summed E-state index contributed by atoms with van der Waals surface area (Å²) < 4.78 is 30.9. The van der Waals surface area contributed by atoms with Crippen LogP contribution in [-0.2, 0) is 10.1 Å². The van der Waals surface area contributed by atoms with Gasteiger partial charge in [0, 0.05) is 12.1 Å². The lowest BCUT2D eigenvalue weighted by molar-refractivity contribution is -0.395. The summed E-state index contributed by atoms with van der Waals surface area (Å²) in [5, 5.41) is 19.4. The van der Waals surface area contributed by atoms with Crippen LogP contribution in [0.5, 0.6) is 5.75 Å². The molecule has 0 aliphatic heterocycles. The van der Waals surface area contributed by atoms with Crippen molar-refractivity contribution in [2.24, 2.45) is 0 Å². The summed E-state index contributed by atoms with van der Waals surface area (Å²) in [6, 6.07) is 6.96. The molecule has 6 N–H and O–H groups in total. The molecule has 2 rings (SSSR count). The van der Waals surface area contributed by atoms with Crippen LogP contribution in [0, 0.1) is 10.1 Å². The Hall–Kier alpha value is -2.40. The second kappa shape index (κ2) is 7.24. The third-order valence-corrected chi connectivity index (χ3v) is 3.70. The number of nitro groups is 1. The molecule has 0 unspecified atom stereocenters. The minimum Gasteiger partial charge on any atom is -0.744 e. The van der Waals surface area contributed by atoms with Crippen molar-refractivity contribution < 1.29 is 28.7 Å². The second-order valence-corrected chi connectivity index (χ2v) is 5.99. The molecule has 0 amide bonds. The van der Waals surface area contributed by atoms with Crippen LogP contribution in [0.3, 0.4) is 0 Å². The van der Waals surface area contributed by atoms with Gasteiger partial charge in [-0.05, 0) is 24.3 Å². The average Bonchev–Trinajstić information content (AvgIpc) is 2.42. The molecule has 0 bridgehead atoms. The van der Waals surface area contributed by atoms with Gasteiger partial charge in [0.05, 0.1) is 20.5 Å². The van der Waals surface area contributed by atoms with Gasteiger partial charge in [0.15, 0.2) is 0 Å². The average molecular weight is 362 g/mol. The fourth-order valence-corrected chi connectivity index (χ4v) is 2.06. The van der Waals surface area contributed by atoms with Crippen LogP contribution < -0.4 is 11.5 Å². The van der Waals surface area contributed by atoms with Gasteiger partial charge in [0.2, 0.25) is 5.69 Å². The molecule has 0 aliphatic rings. The number of nitrogens with zero attached hydrogens (tertiary/aromatic N) is 1. The number of rotatable bonds is 2. The summed E-state index contributed by atoms with van der Waals surface area (Å²) in [7, 11) is -4.38. The topological polar surface area (TPSA) is 174 Å². The molecule has 9 nitrogen and oxygen atoms in total. The number of quaternary nitrogens is 1. The Morgan fingerprint density at radius 3 is 2.17 bits per heavy atom. The van der Waals surface area contributed by atoms with Crippen LogP contribution in [0.15, 0.2) is 41.3 Å². The van der Waals surface area contributed by atoms with Crippen LogP contribution in [-0.4, -0.2) is 23.0 Å². The van der Waals surface area contributed by atoms with Crippen LogP contribution in [0.4, 0.5) is 17.1 Å². The number of nitro benzene ring substituents is 1. The predicted octanol–water partition coefficient (Wildman–Crippen LogP) is 1.00. The van der Waals surface area contributed by atoms with Gasteiger partial charge < -0.3 is 21.1 Å². The van der Waals surface area contributed by atoms with Crippen LogP contribution in [0.25, 0.3) is 0 Å². The zero-order chi connectivity index (χ0) is 17.8. The van der Waals surface area contributed by atoms with Gasteiger partial charge in [0.1, 0.15) is 15.9 Å². The zero-order valence-corrected chi connectivity index (χ0v) is 13.0. The van der Waals surface area contributed by atoms with Crippen molar-refractivity contribution in [3.05, 3.63) is 51.5 Å². The number of anilines is 1. The smallest absolute Gasteiger partial charge is 0.331 e. The van der Waals surface area contributed by atoms with E-state index in [1.165, 1.54) is 12.1 Å². The van der Waals surface area contributed by atoms with E-state index in [-0.39, 0.29) is 32.7 Å². The lowest BCUT2D eigenvalue weighted by Gasteiger charge is -2.05. The van der Waals surface area contributed by atoms with Crippen LogP contribution in [0.1, 0.15) is 0 Å². The maximum Gasteiger partial charge on any atom is 0.331 e. The monoisotopic (exact) mass is 361 g/mol. The molecule has 11 heteroatoms. The van der Waals surface area contributed by atoms with E-state index in [2.05, 4.69) is 5.73 Å². The number of phenolic OH excluding ortho intramolecular Hbond substituents is 1. The van der Waals surface area contributed by atoms with E-state index in [1.807, 2.05) is 0 Å². The first-order chi connectivity index (χ1) is 10.5. The molecule has 0 atom stereocenters. The van der Waals surface area contributed by atoms with Crippen molar-refractivity contribution in [2.75, 3.05) is 5.73 Å². The van der Waals surface area contributed by atoms with Gasteiger partial charge in [-0.25, -0.2) is 8.42 Å². The fraction of sp³-hybridized carbons (Fsp3) is 0. The van der Waals surface area contributed by atoms with Gasteiger partial charge in [-0.1, -0.05) is 11.6 Å². The predicted molar refractivity (Wildman–Crippen MR) is 81.1 cm³/mol. The van der Waals surface area contributed by atoms with E-state index in [1.54, 1.807) is 0 Å². The zero-order valence-electron chi connectivity index (χ0n) is 11.5. The molecule has 0 aromatic heterocycles. The summed E-state index contributed by atoms with van der Waals surface area (Å²) >= 11 is 5.60. The van der Waals surface area contributed by atoms with Crippen LogP contribution >= 0.6 is 11.6 Å². The molecular weight excluding hydrogens is 350 g/mol. The highest BCUT2D eigenvalue weighted by Crippen LogP contribution is 2.29. The first kappa shape index (κ1) is 18.6. The van der Waals surface area contributed by atoms with E-state index in [9.17, 15) is 23.1 Å². The minimum absolute atomic E-state index is 0.0719. The Kier molecular flexibility index (Phi) is 5.87. The number of benzene rings is 2. The molecule has 0 radical (unpaired) electrons. The standard InChI is InChI=1S/C6H6ClN3O2.C6H6O4S/c7-3-1-5(9)6(10(11)12)2-4(3)8;7-5-1-3-6(4-2-5)11(8,9)10/h1-2H,8-9H2;1-4,7H,(H,8,9,10). The first-order valence-electron chi connectivity index (χ1n) is 5.82. The second-order valence-electron chi connectivity index (χ2n) is 4.21. The largest absolute Gasteiger partial charge is 0.744 e. The lowest BCUT2D eigenvalue weighted by atomic mass is 10.2. The molecule has 0 spiro atoms. The van der Waals surface area contributed by atoms with Gasteiger partial charge in [-0.15, -0.1) is 0 Å². The van der Waals surface area contributed by atoms with Crippen molar-refractivity contribution in [1.29, 1.82) is 0 Å². The van der Waals surface area contributed by atoms with E-state index in [4.69, 9.17) is 22.4 Å². The molecular formula is C12H12ClN3O6S. The summed E-state index contributed by atoms with van der Waals surface area (Å²) in [6.45, 7) is 0. The number of hydrogen-bond acceptors (Lipinski definition) is 7. The first-order valence-corrected chi connectivity index (χ1v) is 7.61. The Labute approximate surface area is 136 Å². The van der Waals surface area contributed by atoms with Crippen molar-refractivity contribution in [1.82, 2.24) is 0 Å². The van der Waals surface area contributed by atoms with Gasteiger partial charge in [-0.3, -0.25) is 10.1 Å². The SMILES string of the molecule is Nc1cc([N+](=O)[O-])c([NH3+])cc1Cl.O=S(=O)([O-])c1ccc(O)cc1. The summed E-state index contributed by atoms with van der Waals surface area (Å²) in [5.41, 5.74) is 9.16. The quantitative estimate of drug-likeness (QED) is 0.309.